The fraction of sp³-hybridized carbons (Fsp3) is 0.769. The lowest BCUT2D eigenvalue weighted by Crippen LogP contribution is -2.42. The van der Waals surface area contributed by atoms with E-state index in [9.17, 15) is 5.11 Å². The van der Waals surface area contributed by atoms with Gasteiger partial charge >= 0.3 is 0 Å². The van der Waals surface area contributed by atoms with Crippen molar-refractivity contribution in [3.63, 3.8) is 0 Å². The van der Waals surface area contributed by atoms with E-state index in [1.807, 2.05) is 4.68 Å². The number of halogens is 1. The highest BCUT2D eigenvalue weighted by Gasteiger charge is 2.43. The van der Waals surface area contributed by atoms with Crippen LogP contribution in [0.5, 0.6) is 0 Å². The van der Waals surface area contributed by atoms with Crippen LogP contribution in [0.4, 0.5) is 0 Å². The Morgan fingerprint density at radius 3 is 2.61 bits per heavy atom. The van der Waals surface area contributed by atoms with Crippen LogP contribution < -0.4 is 5.73 Å². The van der Waals surface area contributed by atoms with E-state index in [4.69, 9.17) is 5.73 Å². The summed E-state index contributed by atoms with van der Waals surface area (Å²) in [6, 6.07) is 0. The molecular formula is C13H22BrN3O. The monoisotopic (exact) mass is 315 g/mol. The molecule has 0 spiro atoms. The Hall–Kier alpha value is -0.390. The topological polar surface area (TPSA) is 64.1 Å². The second-order valence-corrected chi connectivity index (χ2v) is 5.93. The third-order valence-corrected chi connectivity index (χ3v) is 4.77. The summed E-state index contributed by atoms with van der Waals surface area (Å²) < 4.78 is 3.02. The zero-order chi connectivity index (χ0) is 13.3. The third-order valence-electron chi connectivity index (χ3n) is 3.86. The number of nitrogens with two attached hydrogens (primary N) is 1. The quantitative estimate of drug-likeness (QED) is 0.842. The molecule has 1 fully saturated rings. The highest BCUT2D eigenvalue weighted by molar-refractivity contribution is 9.10. The molecule has 0 saturated heterocycles. The van der Waals surface area contributed by atoms with Gasteiger partial charge in [-0.15, -0.1) is 0 Å². The van der Waals surface area contributed by atoms with Crippen LogP contribution in [-0.2, 0) is 19.4 Å². The van der Waals surface area contributed by atoms with E-state index in [0.29, 0.717) is 18.9 Å². The van der Waals surface area contributed by atoms with Crippen LogP contribution in [0.1, 0.15) is 38.1 Å². The predicted molar refractivity (Wildman–Crippen MR) is 75.4 cm³/mol. The summed E-state index contributed by atoms with van der Waals surface area (Å²) in [6.45, 7) is 5.30. The lowest BCUT2D eigenvalue weighted by Gasteiger charge is -2.26. The van der Waals surface area contributed by atoms with Gasteiger partial charge in [-0.2, -0.15) is 5.10 Å². The van der Waals surface area contributed by atoms with Gasteiger partial charge < -0.3 is 10.8 Å². The van der Waals surface area contributed by atoms with E-state index < -0.39 is 5.60 Å². The third kappa shape index (κ3) is 2.49. The summed E-state index contributed by atoms with van der Waals surface area (Å²) in [5.74, 6) is 0.361. The minimum absolute atomic E-state index is 0.320. The molecule has 1 aromatic heterocycles. The molecule has 1 aliphatic rings. The lowest BCUT2D eigenvalue weighted by molar-refractivity contribution is 0.0246. The molecule has 2 rings (SSSR count). The molecule has 1 saturated carbocycles. The van der Waals surface area contributed by atoms with Crippen LogP contribution >= 0.6 is 15.9 Å². The maximum atomic E-state index is 10.7. The smallest absolute Gasteiger partial charge is 0.0852 e. The first kappa shape index (κ1) is 14.0. The summed E-state index contributed by atoms with van der Waals surface area (Å²) in [5, 5.41) is 15.2. The van der Waals surface area contributed by atoms with Crippen molar-refractivity contribution in [3.8, 4) is 0 Å². The van der Waals surface area contributed by atoms with Crippen LogP contribution in [0.25, 0.3) is 0 Å². The SMILES string of the molecule is CCc1nn(CC)c(CC(O)(CN)C2CC2)c1Br. The molecule has 102 valence electrons. The number of aryl methyl sites for hydroxylation is 2. The molecule has 1 heterocycles. The average molecular weight is 316 g/mol. The van der Waals surface area contributed by atoms with Gasteiger partial charge in [-0.05, 0) is 48.0 Å². The van der Waals surface area contributed by atoms with Gasteiger partial charge in [0.2, 0.25) is 0 Å². The van der Waals surface area contributed by atoms with Crippen molar-refractivity contribution in [2.75, 3.05) is 6.54 Å². The Balaban J connectivity index is 2.29. The zero-order valence-electron chi connectivity index (χ0n) is 11.1. The molecule has 1 aromatic rings. The Morgan fingerprint density at radius 2 is 2.17 bits per heavy atom. The molecule has 1 unspecified atom stereocenters. The summed E-state index contributed by atoms with van der Waals surface area (Å²) in [4.78, 5) is 0. The molecular weight excluding hydrogens is 294 g/mol. The van der Waals surface area contributed by atoms with Crippen LogP contribution in [0.3, 0.4) is 0 Å². The number of hydrogen-bond donors (Lipinski definition) is 2. The standard InChI is InChI=1S/C13H22BrN3O/c1-3-10-12(14)11(17(4-2)16-10)7-13(18,8-15)9-5-6-9/h9,18H,3-8,15H2,1-2H3. The largest absolute Gasteiger partial charge is 0.388 e. The van der Waals surface area contributed by atoms with Crippen molar-refractivity contribution in [3.05, 3.63) is 15.9 Å². The van der Waals surface area contributed by atoms with E-state index in [2.05, 4.69) is 34.9 Å². The van der Waals surface area contributed by atoms with Crippen molar-refractivity contribution in [2.45, 2.75) is 51.7 Å². The number of nitrogens with zero attached hydrogens (tertiary/aromatic N) is 2. The van der Waals surface area contributed by atoms with Gasteiger partial charge in [0.05, 0.1) is 21.5 Å². The van der Waals surface area contributed by atoms with Crippen molar-refractivity contribution in [1.82, 2.24) is 9.78 Å². The predicted octanol–water partition coefficient (Wildman–Crippen LogP) is 1.87. The Labute approximate surface area is 117 Å². The van der Waals surface area contributed by atoms with Crippen LogP contribution in [0.15, 0.2) is 4.47 Å². The minimum atomic E-state index is -0.763. The van der Waals surface area contributed by atoms with Gasteiger partial charge in [-0.25, -0.2) is 0 Å². The van der Waals surface area contributed by atoms with Gasteiger partial charge in [0.25, 0.3) is 0 Å². The van der Waals surface area contributed by atoms with Crippen LogP contribution in [0, 0.1) is 5.92 Å². The van der Waals surface area contributed by atoms with Crippen molar-refractivity contribution in [1.29, 1.82) is 0 Å². The second kappa shape index (κ2) is 5.31. The summed E-state index contributed by atoms with van der Waals surface area (Å²) in [5.41, 5.74) is 7.15. The fourth-order valence-corrected chi connectivity index (χ4v) is 3.18. The first-order valence-corrected chi connectivity index (χ1v) is 7.51. The number of aliphatic hydroxyl groups is 1. The van der Waals surface area contributed by atoms with Crippen LogP contribution in [0.2, 0.25) is 0 Å². The molecule has 3 N–H and O–H groups in total. The fourth-order valence-electron chi connectivity index (χ4n) is 2.48. The highest BCUT2D eigenvalue weighted by atomic mass is 79.9. The zero-order valence-corrected chi connectivity index (χ0v) is 12.7. The Bertz CT molecular complexity index is 428. The first-order chi connectivity index (χ1) is 8.55. The number of aromatic nitrogens is 2. The van der Waals surface area contributed by atoms with Crippen LogP contribution in [-0.4, -0.2) is 27.0 Å². The van der Waals surface area contributed by atoms with E-state index in [1.165, 1.54) is 0 Å². The molecule has 1 aliphatic carbocycles. The van der Waals surface area contributed by atoms with Gasteiger partial charge in [0.15, 0.2) is 0 Å². The van der Waals surface area contributed by atoms with E-state index in [1.54, 1.807) is 0 Å². The van der Waals surface area contributed by atoms with E-state index >= 15 is 0 Å². The summed E-state index contributed by atoms with van der Waals surface area (Å²) >= 11 is 3.62. The molecule has 1 atom stereocenters. The van der Waals surface area contributed by atoms with Crippen molar-refractivity contribution >= 4 is 15.9 Å². The molecule has 0 amide bonds. The van der Waals surface area contributed by atoms with E-state index in [0.717, 1.165) is 41.7 Å². The Kier molecular flexibility index (Phi) is 4.14. The number of rotatable bonds is 6. The minimum Gasteiger partial charge on any atom is -0.388 e. The first-order valence-electron chi connectivity index (χ1n) is 6.72. The maximum absolute atomic E-state index is 10.7. The average Bonchev–Trinajstić information content (AvgIpc) is 3.18. The summed E-state index contributed by atoms with van der Waals surface area (Å²) in [7, 11) is 0. The molecule has 5 heteroatoms. The van der Waals surface area contributed by atoms with Gasteiger partial charge in [0, 0.05) is 19.5 Å². The normalized spacial score (nSPS) is 18.9. The number of hydrogen-bond acceptors (Lipinski definition) is 3. The second-order valence-electron chi connectivity index (χ2n) is 5.14. The lowest BCUT2D eigenvalue weighted by atomic mass is 9.92. The molecule has 0 aliphatic heterocycles. The van der Waals surface area contributed by atoms with Gasteiger partial charge in [-0.1, -0.05) is 6.92 Å². The summed E-state index contributed by atoms with van der Waals surface area (Å²) in [6.07, 6.45) is 3.67. The highest BCUT2D eigenvalue weighted by Crippen LogP contribution is 2.42. The maximum Gasteiger partial charge on any atom is 0.0852 e. The van der Waals surface area contributed by atoms with Gasteiger partial charge in [-0.3, -0.25) is 4.68 Å². The molecule has 18 heavy (non-hydrogen) atoms. The van der Waals surface area contributed by atoms with Crippen molar-refractivity contribution in [2.24, 2.45) is 11.7 Å². The molecule has 4 nitrogen and oxygen atoms in total. The molecule has 0 aromatic carbocycles. The molecule has 0 radical (unpaired) electrons. The van der Waals surface area contributed by atoms with Crippen molar-refractivity contribution < 1.29 is 5.11 Å². The van der Waals surface area contributed by atoms with Gasteiger partial charge in [0.1, 0.15) is 0 Å². The Morgan fingerprint density at radius 1 is 1.50 bits per heavy atom. The van der Waals surface area contributed by atoms with E-state index in [-0.39, 0.29) is 0 Å². The molecule has 0 bridgehead atoms.